The van der Waals surface area contributed by atoms with Crippen molar-refractivity contribution in [1.29, 1.82) is 0 Å². The molecule has 0 aliphatic carbocycles. The molecule has 1 rings (SSSR count). The molecular formula is C15H24N2O. The van der Waals surface area contributed by atoms with Gasteiger partial charge in [0.2, 0.25) is 5.91 Å². The third-order valence-corrected chi connectivity index (χ3v) is 3.30. The highest BCUT2D eigenvalue weighted by Crippen LogP contribution is 2.24. The maximum atomic E-state index is 12.3. The van der Waals surface area contributed by atoms with E-state index in [1.807, 2.05) is 45.0 Å². The van der Waals surface area contributed by atoms with Gasteiger partial charge in [0.15, 0.2) is 0 Å². The van der Waals surface area contributed by atoms with Gasteiger partial charge in [-0.15, -0.1) is 0 Å². The predicted molar refractivity (Wildman–Crippen MR) is 76.4 cm³/mol. The largest absolute Gasteiger partial charge is 0.399 e. The van der Waals surface area contributed by atoms with Gasteiger partial charge in [-0.25, -0.2) is 0 Å². The zero-order chi connectivity index (χ0) is 13.8. The molecule has 0 spiro atoms. The summed E-state index contributed by atoms with van der Waals surface area (Å²) in [6.07, 6.45) is 2.08. The first-order valence-electron chi connectivity index (χ1n) is 6.55. The van der Waals surface area contributed by atoms with Gasteiger partial charge in [-0.2, -0.15) is 0 Å². The van der Waals surface area contributed by atoms with Gasteiger partial charge >= 0.3 is 0 Å². The molecule has 0 bridgehead atoms. The van der Waals surface area contributed by atoms with E-state index >= 15 is 0 Å². The van der Waals surface area contributed by atoms with Gasteiger partial charge in [-0.05, 0) is 44.9 Å². The van der Waals surface area contributed by atoms with E-state index in [1.54, 1.807) is 0 Å². The maximum Gasteiger partial charge on any atom is 0.230 e. The van der Waals surface area contributed by atoms with Gasteiger partial charge in [0, 0.05) is 11.7 Å². The number of nitrogens with one attached hydrogen (secondary N) is 1. The first-order chi connectivity index (χ1) is 8.37. The molecule has 1 aromatic carbocycles. The highest BCUT2D eigenvalue weighted by Gasteiger charge is 2.30. The van der Waals surface area contributed by atoms with E-state index in [-0.39, 0.29) is 11.9 Å². The van der Waals surface area contributed by atoms with Crippen LogP contribution >= 0.6 is 0 Å². The summed E-state index contributed by atoms with van der Waals surface area (Å²) in [7, 11) is 0. The van der Waals surface area contributed by atoms with Crippen molar-refractivity contribution in [3.63, 3.8) is 0 Å². The molecule has 3 heteroatoms. The van der Waals surface area contributed by atoms with E-state index in [1.165, 1.54) is 0 Å². The molecule has 1 aromatic rings. The molecule has 100 valence electrons. The van der Waals surface area contributed by atoms with Crippen molar-refractivity contribution in [3.8, 4) is 0 Å². The Morgan fingerprint density at radius 2 is 1.89 bits per heavy atom. The van der Waals surface area contributed by atoms with Crippen LogP contribution in [0.3, 0.4) is 0 Å². The van der Waals surface area contributed by atoms with Crippen molar-refractivity contribution in [3.05, 3.63) is 29.8 Å². The molecule has 0 saturated carbocycles. The zero-order valence-electron chi connectivity index (χ0n) is 11.8. The van der Waals surface area contributed by atoms with Gasteiger partial charge in [-0.3, -0.25) is 4.79 Å². The van der Waals surface area contributed by atoms with Crippen molar-refractivity contribution in [2.24, 2.45) is 0 Å². The monoisotopic (exact) mass is 248 g/mol. The van der Waals surface area contributed by atoms with Crippen LogP contribution in [0.4, 0.5) is 5.69 Å². The molecule has 3 N–H and O–H groups in total. The number of carbonyl (C=O) groups excluding carboxylic acids is 1. The number of benzene rings is 1. The van der Waals surface area contributed by atoms with Gasteiger partial charge in [0.25, 0.3) is 0 Å². The Balaban J connectivity index is 2.79. The molecule has 0 aliphatic heterocycles. The van der Waals surface area contributed by atoms with Crippen molar-refractivity contribution >= 4 is 11.6 Å². The topological polar surface area (TPSA) is 55.1 Å². The summed E-state index contributed by atoms with van der Waals surface area (Å²) < 4.78 is 0. The lowest BCUT2D eigenvalue weighted by molar-refractivity contribution is -0.126. The Morgan fingerprint density at radius 3 is 2.39 bits per heavy atom. The minimum Gasteiger partial charge on any atom is -0.399 e. The van der Waals surface area contributed by atoms with Gasteiger partial charge in [0.1, 0.15) is 0 Å². The van der Waals surface area contributed by atoms with Gasteiger partial charge in [0.05, 0.1) is 5.41 Å². The minimum atomic E-state index is -0.532. The van der Waals surface area contributed by atoms with Crippen LogP contribution in [0.25, 0.3) is 0 Å². The molecule has 0 heterocycles. The average molecular weight is 248 g/mol. The fourth-order valence-electron chi connectivity index (χ4n) is 1.94. The third-order valence-electron chi connectivity index (χ3n) is 3.30. The van der Waals surface area contributed by atoms with Crippen LogP contribution < -0.4 is 11.1 Å². The van der Waals surface area contributed by atoms with Crippen molar-refractivity contribution in [2.45, 2.75) is 52.0 Å². The Labute approximate surface area is 110 Å². The fourth-order valence-corrected chi connectivity index (χ4v) is 1.94. The number of hydrogen-bond donors (Lipinski definition) is 2. The predicted octanol–water partition coefficient (Wildman–Crippen LogP) is 2.85. The number of nitrogen functional groups attached to an aromatic ring is 1. The number of hydrogen-bond acceptors (Lipinski definition) is 2. The van der Waals surface area contributed by atoms with Crippen LogP contribution in [0.2, 0.25) is 0 Å². The van der Waals surface area contributed by atoms with Crippen LogP contribution in [0, 0.1) is 0 Å². The Morgan fingerprint density at radius 1 is 1.33 bits per heavy atom. The van der Waals surface area contributed by atoms with Gasteiger partial charge in [-0.1, -0.05) is 25.5 Å². The number of anilines is 1. The fraction of sp³-hybridized carbons (Fsp3) is 0.533. The maximum absolute atomic E-state index is 12.3. The van der Waals surface area contributed by atoms with E-state index in [4.69, 9.17) is 5.73 Å². The Bertz CT molecular complexity index is 395. The smallest absolute Gasteiger partial charge is 0.230 e. The molecule has 0 saturated heterocycles. The SMILES string of the molecule is CCCC(C)NC(=O)C(C)(C)c1ccc(N)cc1. The minimum absolute atomic E-state index is 0.0632. The summed E-state index contributed by atoms with van der Waals surface area (Å²) in [6.45, 7) is 8.03. The number of amides is 1. The van der Waals surface area contributed by atoms with E-state index in [0.717, 1.165) is 18.4 Å². The zero-order valence-corrected chi connectivity index (χ0v) is 11.8. The summed E-state index contributed by atoms with van der Waals surface area (Å²) in [6, 6.07) is 7.72. The first kappa shape index (κ1) is 14.6. The van der Waals surface area contributed by atoms with Crippen LogP contribution in [0.5, 0.6) is 0 Å². The molecule has 0 radical (unpaired) electrons. The highest BCUT2D eigenvalue weighted by molar-refractivity contribution is 5.87. The second-order valence-corrected chi connectivity index (χ2v) is 5.41. The molecule has 18 heavy (non-hydrogen) atoms. The molecule has 0 fully saturated rings. The second-order valence-electron chi connectivity index (χ2n) is 5.41. The van der Waals surface area contributed by atoms with E-state index < -0.39 is 5.41 Å². The van der Waals surface area contributed by atoms with E-state index in [9.17, 15) is 4.79 Å². The standard InChI is InChI=1S/C15H24N2O/c1-5-6-11(2)17-14(18)15(3,4)12-7-9-13(16)10-8-12/h7-11H,5-6,16H2,1-4H3,(H,17,18). The summed E-state index contributed by atoms with van der Waals surface area (Å²) in [5, 5.41) is 3.06. The summed E-state index contributed by atoms with van der Waals surface area (Å²) >= 11 is 0. The van der Waals surface area contributed by atoms with E-state index in [0.29, 0.717) is 5.69 Å². The summed E-state index contributed by atoms with van der Waals surface area (Å²) in [5.74, 6) is 0.0632. The molecule has 1 unspecified atom stereocenters. The summed E-state index contributed by atoms with van der Waals surface area (Å²) in [5.41, 5.74) is 6.83. The lowest BCUT2D eigenvalue weighted by Crippen LogP contribution is -2.44. The molecular weight excluding hydrogens is 224 g/mol. The van der Waals surface area contributed by atoms with Gasteiger partial charge < -0.3 is 11.1 Å². The molecule has 1 amide bonds. The van der Waals surface area contributed by atoms with E-state index in [2.05, 4.69) is 12.2 Å². The van der Waals surface area contributed by atoms with Crippen LogP contribution in [0.15, 0.2) is 24.3 Å². The molecule has 1 atom stereocenters. The van der Waals surface area contributed by atoms with Crippen molar-refractivity contribution < 1.29 is 4.79 Å². The Kier molecular flexibility index (Phi) is 4.76. The molecule has 0 aromatic heterocycles. The summed E-state index contributed by atoms with van der Waals surface area (Å²) in [4.78, 5) is 12.3. The normalized spacial score (nSPS) is 13.1. The second kappa shape index (κ2) is 5.89. The Hall–Kier alpha value is -1.51. The van der Waals surface area contributed by atoms with Crippen LogP contribution in [0.1, 0.15) is 46.1 Å². The van der Waals surface area contributed by atoms with Crippen LogP contribution in [-0.4, -0.2) is 11.9 Å². The van der Waals surface area contributed by atoms with Crippen LogP contribution in [-0.2, 0) is 10.2 Å². The lowest BCUT2D eigenvalue weighted by atomic mass is 9.83. The molecule has 3 nitrogen and oxygen atoms in total. The number of rotatable bonds is 5. The van der Waals surface area contributed by atoms with Crippen molar-refractivity contribution in [2.75, 3.05) is 5.73 Å². The van der Waals surface area contributed by atoms with Crippen molar-refractivity contribution in [1.82, 2.24) is 5.32 Å². The molecule has 0 aliphatic rings. The lowest BCUT2D eigenvalue weighted by Gasteiger charge is -2.26. The number of carbonyl (C=O) groups is 1. The quantitative estimate of drug-likeness (QED) is 0.787. The average Bonchev–Trinajstić information content (AvgIpc) is 2.29. The first-order valence-corrected chi connectivity index (χ1v) is 6.55. The third kappa shape index (κ3) is 3.49. The highest BCUT2D eigenvalue weighted by atomic mass is 16.2. The number of nitrogens with two attached hydrogens (primary N) is 1.